The van der Waals surface area contributed by atoms with E-state index in [0.717, 1.165) is 19.9 Å². The summed E-state index contributed by atoms with van der Waals surface area (Å²) in [6.45, 7) is 2.29. The van der Waals surface area contributed by atoms with Crippen molar-refractivity contribution in [1.29, 1.82) is 0 Å². The first kappa shape index (κ1) is 28.4. The highest BCUT2D eigenvalue weighted by molar-refractivity contribution is 7.90. The molecule has 0 radical (unpaired) electrons. The van der Waals surface area contributed by atoms with Gasteiger partial charge in [0, 0.05) is 11.6 Å². The number of nitrogens with two attached hydrogens (primary N) is 1. The average Bonchev–Trinajstić information content (AvgIpc) is 3.29. The van der Waals surface area contributed by atoms with Crippen molar-refractivity contribution in [2.24, 2.45) is 10.1 Å². The Balaban J connectivity index is 1.97. The number of sulfonamides is 1. The van der Waals surface area contributed by atoms with E-state index in [2.05, 4.69) is 14.4 Å². The molecule has 0 aliphatic rings. The normalized spacial score (nSPS) is 13.4. The third-order valence-electron chi connectivity index (χ3n) is 5.67. The van der Waals surface area contributed by atoms with E-state index in [0.29, 0.717) is 23.2 Å². The minimum atomic E-state index is -4.90. The van der Waals surface area contributed by atoms with E-state index in [9.17, 15) is 41.0 Å². The zero-order valence-corrected chi connectivity index (χ0v) is 21.5. The van der Waals surface area contributed by atoms with Crippen LogP contribution in [-0.2, 0) is 10.0 Å². The van der Waals surface area contributed by atoms with Crippen LogP contribution >= 0.6 is 0 Å². The summed E-state index contributed by atoms with van der Waals surface area (Å²) in [5.41, 5.74) is 2.11. The van der Waals surface area contributed by atoms with Crippen molar-refractivity contribution in [3.8, 4) is 0 Å². The largest absolute Gasteiger partial charge is 0.506 e. The fourth-order valence-electron chi connectivity index (χ4n) is 3.51. The number of aromatic amines is 1. The van der Waals surface area contributed by atoms with Gasteiger partial charge >= 0.3 is 0 Å². The number of aliphatic hydroxyl groups excluding tert-OH is 1. The van der Waals surface area contributed by atoms with Crippen molar-refractivity contribution in [3.05, 3.63) is 94.8 Å². The fourth-order valence-corrected chi connectivity index (χ4v) is 4.68. The summed E-state index contributed by atoms with van der Waals surface area (Å²) in [5, 5.41) is 21.1. The predicted molar refractivity (Wildman–Crippen MR) is 138 cm³/mol. The number of para-hydroxylation sites is 2. The summed E-state index contributed by atoms with van der Waals surface area (Å²) in [6.07, 6.45) is 0. The third-order valence-corrected chi connectivity index (χ3v) is 6.98. The number of carbonyl (C=O) groups is 1. The van der Waals surface area contributed by atoms with Gasteiger partial charge in [0.2, 0.25) is 5.78 Å². The molecule has 0 aliphatic heterocycles. The highest BCUT2D eigenvalue weighted by atomic mass is 32.2. The summed E-state index contributed by atoms with van der Waals surface area (Å²) < 4.78 is 85.5. The SMILES string of the molecule is CC(C)(O)/C(N)=N/S(=O)(=O)c1cc(/C(O)=C(/C(=O)c2cc(F)c(F)cc2F)c2nc3ccccc3[nH]2)ccc1F. The molecule has 9 nitrogen and oxygen atoms in total. The standard InChI is InChI=1S/C26H20F4N4O5S/c1-26(2,37)25(31)34-40(38,39)20-9-12(7-8-14(20)27)22(35)21(24-32-18-5-3-4-6-19(18)33-24)23(36)13-10-16(29)17(30)11-15(13)28/h3-11,35,37H,1-2H3,(H2,31,34)(H,32,33)/b22-21+. The molecule has 0 unspecified atom stereocenters. The Morgan fingerprint density at radius 3 is 2.27 bits per heavy atom. The predicted octanol–water partition coefficient (Wildman–Crippen LogP) is 4.25. The lowest BCUT2D eigenvalue weighted by molar-refractivity contribution is 0.105. The summed E-state index contributed by atoms with van der Waals surface area (Å²) in [7, 11) is -4.90. The van der Waals surface area contributed by atoms with Crippen LogP contribution in [0.4, 0.5) is 17.6 Å². The Labute approximate surface area is 224 Å². The lowest BCUT2D eigenvalue weighted by Gasteiger charge is -2.16. The molecule has 4 aromatic rings. The number of imidazole rings is 1. The summed E-state index contributed by atoms with van der Waals surface area (Å²) in [4.78, 5) is 19.3. The van der Waals surface area contributed by atoms with E-state index >= 15 is 0 Å². The van der Waals surface area contributed by atoms with Crippen LogP contribution in [0.2, 0.25) is 0 Å². The van der Waals surface area contributed by atoms with Gasteiger partial charge in [-0.1, -0.05) is 12.1 Å². The lowest BCUT2D eigenvalue weighted by atomic mass is 9.98. The van der Waals surface area contributed by atoms with E-state index < -0.39 is 77.9 Å². The lowest BCUT2D eigenvalue weighted by Crippen LogP contribution is -2.38. The van der Waals surface area contributed by atoms with E-state index in [1.165, 1.54) is 0 Å². The quantitative estimate of drug-likeness (QED) is 0.0487. The molecular formula is C26H20F4N4O5S. The van der Waals surface area contributed by atoms with Gasteiger partial charge in [0.25, 0.3) is 10.0 Å². The molecule has 0 atom stereocenters. The monoisotopic (exact) mass is 576 g/mol. The van der Waals surface area contributed by atoms with Crippen LogP contribution in [0.5, 0.6) is 0 Å². The Hall–Kier alpha value is -4.56. The number of H-pyrrole nitrogens is 1. The molecule has 0 amide bonds. The van der Waals surface area contributed by atoms with Gasteiger partial charge in [0.15, 0.2) is 11.6 Å². The first-order valence-corrected chi connectivity index (χ1v) is 12.7. The number of aromatic nitrogens is 2. The van der Waals surface area contributed by atoms with Crippen molar-refractivity contribution < 1.29 is 41.0 Å². The summed E-state index contributed by atoms with van der Waals surface area (Å²) >= 11 is 0. The van der Waals surface area contributed by atoms with Gasteiger partial charge in [-0.2, -0.15) is 8.42 Å². The minimum absolute atomic E-state index is 0.142. The number of halogens is 4. The molecule has 40 heavy (non-hydrogen) atoms. The summed E-state index contributed by atoms with van der Waals surface area (Å²) in [5.74, 6) is -9.35. The van der Waals surface area contributed by atoms with Crippen molar-refractivity contribution in [3.63, 3.8) is 0 Å². The number of ketones is 1. The van der Waals surface area contributed by atoms with Crippen LogP contribution in [0, 0.1) is 23.3 Å². The van der Waals surface area contributed by atoms with Gasteiger partial charge < -0.3 is 20.9 Å². The molecule has 0 spiro atoms. The van der Waals surface area contributed by atoms with Crippen molar-refractivity contribution in [2.45, 2.75) is 24.3 Å². The number of Topliss-reactive ketones (excluding diaryl/α,β-unsaturated/α-hetero) is 1. The van der Waals surface area contributed by atoms with E-state index in [1.807, 2.05) is 0 Å². The highest BCUT2D eigenvalue weighted by Crippen LogP contribution is 2.31. The number of aliphatic hydroxyl groups is 2. The molecule has 1 aromatic heterocycles. The first-order valence-electron chi connectivity index (χ1n) is 11.3. The van der Waals surface area contributed by atoms with Gasteiger partial charge in [0.1, 0.15) is 45.1 Å². The van der Waals surface area contributed by atoms with E-state index in [-0.39, 0.29) is 18.0 Å². The second-order valence-corrected chi connectivity index (χ2v) is 10.6. The molecule has 3 aromatic carbocycles. The maximum atomic E-state index is 14.6. The van der Waals surface area contributed by atoms with Crippen molar-refractivity contribution in [1.82, 2.24) is 9.97 Å². The van der Waals surface area contributed by atoms with Gasteiger partial charge in [-0.25, -0.2) is 22.5 Å². The number of nitrogens with zero attached hydrogens (tertiary/aromatic N) is 2. The second kappa shape index (κ2) is 10.2. The Kier molecular flexibility index (Phi) is 7.26. The molecule has 4 rings (SSSR count). The Bertz CT molecular complexity index is 1810. The zero-order valence-electron chi connectivity index (χ0n) is 20.7. The zero-order chi connectivity index (χ0) is 29.6. The molecular weight excluding hydrogens is 556 g/mol. The van der Waals surface area contributed by atoms with Gasteiger partial charge in [-0.15, -0.1) is 4.40 Å². The number of amidine groups is 1. The molecule has 5 N–H and O–H groups in total. The molecule has 0 saturated carbocycles. The second-order valence-electron chi connectivity index (χ2n) is 9.06. The number of hydrogen-bond acceptors (Lipinski definition) is 6. The van der Waals surface area contributed by atoms with Crippen molar-refractivity contribution in [2.75, 3.05) is 0 Å². The van der Waals surface area contributed by atoms with Crippen LogP contribution in [-0.4, -0.2) is 45.8 Å². The van der Waals surface area contributed by atoms with Crippen LogP contribution < -0.4 is 5.73 Å². The van der Waals surface area contributed by atoms with Crippen LogP contribution in [0.1, 0.15) is 35.6 Å². The molecule has 208 valence electrons. The van der Waals surface area contributed by atoms with Gasteiger partial charge in [-0.3, -0.25) is 4.79 Å². The minimum Gasteiger partial charge on any atom is -0.506 e. The summed E-state index contributed by atoms with van der Waals surface area (Å²) in [6, 6.07) is 8.96. The number of carbonyl (C=O) groups excluding carboxylic acids is 1. The van der Waals surface area contributed by atoms with E-state index in [1.54, 1.807) is 24.3 Å². The molecule has 14 heteroatoms. The Morgan fingerprint density at radius 2 is 1.62 bits per heavy atom. The average molecular weight is 577 g/mol. The molecule has 0 saturated heterocycles. The molecule has 0 bridgehead atoms. The first-order chi connectivity index (χ1) is 18.6. The number of rotatable bonds is 7. The number of allylic oxidation sites excluding steroid dienone is 1. The van der Waals surface area contributed by atoms with Gasteiger partial charge in [0.05, 0.1) is 16.6 Å². The number of nitrogens with one attached hydrogen (secondary N) is 1. The molecule has 0 aliphatic carbocycles. The maximum absolute atomic E-state index is 14.6. The molecule has 1 heterocycles. The fraction of sp³-hybridized carbons (Fsp3) is 0.115. The van der Waals surface area contributed by atoms with Crippen LogP contribution in [0.15, 0.2) is 63.9 Å². The van der Waals surface area contributed by atoms with Gasteiger partial charge in [-0.05, 0) is 50.2 Å². The number of benzene rings is 3. The topological polar surface area (TPSA) is 159 Å². The van der Waals surface area contributed by atoms with Crippen LogP contribution in [0.25, 0.3) is 22.4 Å². The Morgan fingerprint density at radius 1 is 0.975 bits per heavy atom. The number of fused-ring (bicyclic) bond motifs is 1. The van der Waals surface area contributed by atoms with Crippen LogP contribution in [0.3, 0.4) is 0 Å². The number of hydrogen-bond donors (Lipinski definition) is 4. The maximum Gasteiger partial charge on any atom is 0.286 e. The van der Waals surface area contributed by atoms with E-state index in [4.69, 9.17) is 5.73 Å². The smallest absolute Gasteiger partial charge is 0.286 e. The highest BCUT2D eigenvalue weighted by Gasteiger charge is 2.29. The third kappa shape index (κ3) is 5.44. The van der Waals surface area contributed by atoms with Crippen molar-refractivity contribution >= 4 is 44.0 Å². The molecule has 0 fully saturated rings.